The molecule has 0 saturated heterocycles. The molecule has 1 rings (SSSR count). The molecule has 0 aliphatic rings. The minimum Gasteiger partial charge on any atom is -1.00 e. The highest BCUT2D eigenvalue weighted by Crippen LogP contribution is 2.18. The Hall–Kier alpha value is -0.660. The molecule has 1 unspecified atom stereocenters. The molecule has 1 atom stereocenters. The predicted octanol–water partition coefficient (Wildman–Crippen LogP) is -1.74. The summed E-state index contributed by atoms with van der Waals surface area (Å²) in [6.07, 6.45) is -0.975. The van der Waals surface area contributed by atoms with Crippen LogP contribution >= 0.6 is 0 Å². The zero-order valence-corrected chi connectivity index (χ0v) is 14.3. The molecule has 0 radical (unpaired) electrons. The Kier molecular flexibility index (Phi) is 6.96. The van der Waals surface area contributed by atoms with Crippen molar-refractivity contribution in [2.45, 2.75) is 13.0 Å². The smallest absolute Gasteiger partial charge is 0.197 e. The van der Waals surface area contributed by atoms with Gasteiger partial charge in [-0.1, -0.05) is 0 Å². The number of hydrogen-bond acceptors (Lipinski definition) is 3. The fourth-order valence-corrected chi connectivity index (χ4v) is 1.82. The molecule has 1 aromatic carbocycles. The van der Waals surface area contributed by atoms with Crippen molar-refractivity contribution >= 4 is 5.78 Å². The summed E-state index contributed by atoms with van der Waals surface area (Å²) >= 11 is 0. The number of carbonyl (C=O) groups excluding carboxylic acids is 1. The van der Waals surface area contributed by atoms with Gasteiger partial charge in [0.05, 0.1) is 28.3 Å². The number of methoxy groups -OCH3 is 1. The van der Waals surface area contributed by atoms with E-state index in [0.29, 0.717) is 22.3 Å². The van der Waals surface area contributed by atoms with Crippen LogP contribution in [0.5, 0.6) is 5.75 Å². The van der Waals surface area contributed by atoms with Crippen LogP contribution in [0.4, 0.5) is 0 Å². The first-order valence-electron chi connectivity index (χ1n) is 5.92. The van der Waals surface area contributed by atoms with E-state index in [1.54, 1.807) is 25.3 Å². The van der Waals surface area contributed by atoms with Gasteiger partial charge in [-0.25, -0.2) is 0 Å². The summed E-state index contributed by atoms with van der Waals surface area (Å²) in [5, 5.41) is 9.96. The first-order valence-corrected chi connectivity index (χ1v) is 5.92. The van der Waals surface area contributed by atoms with Gasteiger partial charge in [0.1, 0.15) is 12.3 Å². The number of carbonyl (C=O) groups is 1. The summed E-state index contributed by atoms with van der Waals surface area (Å²) < 4.78 is 5.64. The Bertz CT molecular complexity index is 441. The molecule has 0 heterocycles. The van der Waals surface area contributed by atoms with Gasteiger partial charge >= 0.3 is 0 Å². The van der Waals surface area contributed by atoms with Gasteiger partial charge in [-0.15, -0.1) is 0 Å². The van der Waals surface area contributed by atoms with Crippen molar-refractivity contribution in [3.05, 3.63) is 29.3 Å². The minimum absolute atomic E-state index is 0. The number of Topliss-reactive ketones (excluding diaryl/α,β-unsaturated/α-hetero) is 1. The van der Waals surface area contributed by atoms with Crippen molar-refractivity contribution in [3.63, 3.8) is 0 Å². The Morgan fingerprint density at radius 2 is 1.95 bits per heavy atom. The van der Waals surface area contributed by atoms with Gasteiger partial charge in [0.2, 0.25) is 0 Å². The highest BCUT2D eigenvalue weighted by Gasteiger charge is 2.24. The van der Waals surface area contributed by atoms with Crippen molar-refractivity contribution in [2.24, 2.45) is 0 Å². The highest BCUT2D eigenvalue weighted by atomic mass is 127. The second-order valence-corrected chi connectivity index (χ2v) is 5.53. The quantitative estimate of drug-likeness (QED) is 0.375. The van der Waals surface area contributed by atoms with Gasteiger partial charge in [-0.3, -0.25) is 4.79 Å². The Morgan fingerprint density at radius 3 is 2.37 bits per heavy atom. The maximum Gasteiger partial charge on any atom is 0.197 e. The molecule has 0 aromatic heterocycles. The number of rotatable bonds is 5. The Labute approximate surface area is 132 Å². The number of ketones is 1. The van der Waals surface area contributed by atoms with Crippen LogP contribution in [0.15, 0.2) is 18.2 Å². The molecule has 0 aliphatic heterocycles. The van der Waals surface area contributed by atoms with E-state index in [9.17, 15) is 9.90 Å². The molecular formula is C14H22INO3. The molecule has 0 amide bonds. The fraction of sp³-hybridized carbons (Fsp3) is 0.500. The van der Waals surface area contributed by atoms with Crippen molar-refractivity contribution in [1.82, 2.24) is 0 Å². The Morgan fingerprint density at radius 1 is 1.37 bits per heavy atom. The normalized spacial score (nSPS) is 12.5. The molecule has 0 aliphatic carbocycles. The van der Waals surface area contributed by atoms with Crippen LogP contribution in [0.25, 0.3) is 0 Å². The predicted molar refractivity (Wildman–Crippen MR) is 71.0 cm³/mol. The van der Waals surface area contributed by atoms with E-state index in [2.05, 4.69) is 0 Å². The molecular weight excluding hydrogens is 357 g/mol. The number of aliphatic hydroxyl groups excluding tert-OH is 1. The third-order valence-corrected chi connectivity index (χ3v) is 2.72. The van der Waals surface area contributed by atoms with E-state index >= 15 is 0 Å². The molecule has 108 valence electrons. The van der Waals surface area contributed by atoms with Crippen LogP contribution in [0.2, 0.25) is 0 Å². The zero-order valence-electron chi connectivity index (χ0n) is 12.1. The topological polar surface area (TPSA) is 46.5 Å². The minimum atomic E-state index is -0.975. The largest absolute Gasteiger partial charge is 1.00 e. The molecule has 0 spiro atoms. The molecule has 0 bridgehead atoms. The average molecular weight is 379 g/mol. The van der Waals surface area contributed by atoms with Crippen molar-refractivity contribution in [2.75, 3.05) is 34.8 Å². The van der Waals surface area contributed by atoms with Gasteiger partial charge < -0.3 is 38.3 Å². The van der Waals surface area contributed by atoms with E-state index in [0.717, 1.165) is 5.56 Å². The lowest BCUT2D eigenvalue weighted by atomic mass is 10.0. The van der Waals surface area contributed by atoms with E-state index in [1.165, 1.54) is 0 Å². The number of hydrogen-bond donors (Lipinski definition) is 1. The van der Waals surface area contributed by atoms with Gasteiger partial charge in [0, 0.05) is 5.56 Å². The average Bonchev–Trinajstić information content (AvgIpc) is 2.25. The number of likely N-dealkylation sites (N-methyl/N-ethyl adjacent to an activating group) is 1. The number of aliphatic hydroxyl groups is 1. The maximum atomic E-state index is 12.1. The summed E-state index contributed by atoms with van der Waals surface area (Å²) in [4.78, 5) is 12.1. The maximum absolute atomic E-state index is 12.1. The standard InChI is InChI=1S/C14H22NO3.HI/c1-10-8-11(18-5)6-7-12(10)14(17)13(16)9-15(2,3)4;/h6-8,13,16H,9H2,1-5H3;1H/q+1;/p-1. The van der Waals surface area contributed by atoms with E-state index in [1.807, 2.05) is 28.1 Å². The molecule has 1 N–H and O–H groups in total. The zero-order chi connectivity index (χ0) is 13.9. The first-order chi connectivity index (χ1) is 8.24. The lowest BCUT2D eigenvalue weighted by Gasteiger charge is -2.26. The molecule has 19 heavy (non-hydrogen) atoms. The molecule has 5 heteroatoms. The molecule has 1 aromatic rings. The number of ether oxygens (including phenoxy) is 1. The SMILES string of the molecule is COc1ccc(C(=O)C(O)C[N+](C)(C)C)c(C)c1.[I-]. The third kappa shape index (κ3) is 5.46. The van der Waals surface area contributed by atoms with Crippen molar-refractivity contribution in [3.8, 4) is 5.75 Å². The lowest BCUT2D eigenvalue weighted by Crippen LogP contribution is -3.00. The molecule has 0 saturated carbocycles. The monoisotopic (exact) mass is 379 g/mol. The van der Waals surface area contributed by atoms with Crippen LogP contribution in [0, 0.1) is 6.92 Å². The van der Waals surface area contributed by atoms with E-state index in [4.69, 9.17) is 4.74 Å². The number of halogens is 1. The summed E-state index contributed by atoms with van der Waals surface area (Å²) in [7, 11) is 7.41. The van der Waals surface area contributed by atoms with Crippen molar-refractivity contribution < 1.29 is 43.1 Å². The fourth-order valence-electron chi connectivity index (χ4n) is 1.82. The highest BCUT2D eigenvalue weighted by molar-refractivity contribution is 6.00. The summed E-state index contributed by atoms with van der Waals surface area (Å²) in [5.74, 6) is 0.480. The number of benzene rings is 1. The Balaban J connectivity index is 0.00000324. The molecule has 0 fully saturated rings. The van der Waals surface area contributed by atoms with Crippen LogP contribution in [-0.4, -0.2) is 56.3 Å². The van der Waals surface area contributed by atoms with Crippen LogP contribution in [0.3, 0.4) is 0 Å². The number of nitrogens with zero attached hydrogens (tertiary/aromatic N) is 1. The second kappa shape index (κ2) is 7.21. The van der Waals surface area contributed by atoms with Gasteiger partial charge in [-0.2, -0.15) is 0 Å². The van der Waals surface area contributed by atoms with Crippen LogP contribution < -0.4 is 28.7 Å². The van der Waals surface area contributed by atoms with Gasteiger partial charge in [0.25, 0.3) is 0 Å². The van der Waals surface area contributed by atoms with Crippen LogP contribution in [0.1, 0.15) is 15.9 Å². The summed E-state index contributed by atoms with van der Waals surface area (Å²) in [6, 6.07) is 5.24. The third-order valence-electron chi connectivity index (χ3n) is 2.72. The second-order valence-electron chi connectivity index (χ2n) is 5.53. The number of aryl methyl sites for hydroxylation is 1. The lowest BCUT2D eigenvalue weighted by molar-refractivity contribution is -0.872. The molecule has 4 nitrogen and oxygen atoms in total. The van der Waals surface area contributed by atoms with Gasteiger partial charge in [0.15, 0.2) is 11.9 Å². The summed E-state index contributed by atoms with van der Waals surface area (Å²) in [6.45, 7) is 2.23. The van der Waals surface area contributed by atoms with E-state index in [-0.39, 0.29) is 29.8 Å². The first kappa shape index (κ1) is 18.3. The van der Waals surface area contributed by atoms with Crippen molar-refractivity contribution in [1.29, 1.82) is 0 Å². The summed E-state index contributed by atoms with van der Waals surface area (Å²) in [5.41, 5.74) is 1.37. The number of quaternary nitrogens is 1. The van der Waals surface area contributed by atoms with E-state index < -0.39 is 6.10 Å². The van der Waals surface area contributed by atoms with Crippen LogP contribution in [-0.2, 0) is 0 Å². The van der Waals surface area contributed by atoms with Gasteiger partial charge in [-0.05, 0) is 30.7 Å².